The van der Waals surface area contributed by atoms with Crippen LogP contribution in [0.25, 0.3) is 0 Å². The van der Waals surface area contributed by atoms with Gasteiger partial charge >= 0.3 is 0 Å². The summed E-state index contributed by atoms with van der Waals surface area (Å²) in [6, 6.07) is 4.64. The van der Waals surface area contributed by atoms with Gasteiger partial charge in [-0.1, -0.05) is 0 Å². The molecule has 0 amide bonds. The van der Waals surface area contributed by atoms with E-state index in [0.29, 0.717) is 11.3 Å². The van der Waals surface area contributed by atoms with Crippen LogP contribution in [0, 0.1) is 5.82 Å². The van der Waals surface area contributed by atoms with Gasteiger partial charge in [0.2, 0.25) is 0 Å². The second-order valence-electron chi connectivity index (χ2n) is 3.48. The normalized spacial score (nSPS) is 14.7. The lowest BCUT2D eigenvalue weighted by Gasteiger charge is -2.27. The summed E-state index contributed by atoms with van der Waals surface area (Å²) in [6.45, 7) is 1.96. The molecule has 1 rings (SSSR count). The van der Waals surface area contributed by atoms with Gasteiger partial charge in [-0.05, 0) is 19.1 Å². The van der Waals surface area contributed by atoms with Crippen molar-refractivity contribution in [1.29, 1.82) is 0 Å². The van der Waals surface area contributed by atoms with Gasteiger partial charge in [-0.25, -0.2) is 4.39 Å². The summed E-state index contributed by atoms with van der Waals surface area (Å²) in [7, 11) is 3.00. The first-order valence-electron chi connectivity index (χ1n) is 4.66. The third-order valence-electron chi connectivity index (χ3n) is 2.59. The van der Waals surface area contributed by atoms with Crippen molar-refractivity contribution < 1.29 is 13.9 Å². The van der Waals surface area contributed by atoms with Crippen LogP contribution in [0.5, 0.6) is 5.75 Å². The molecule has 0 bridgehead atoms. The van der Waals surface area contributed by atoms with E-state index in [0.717, 1.165) is 0 Å². The second kappa shape index (κ2) is 4.59. The molecule has 1 unspecified atom stereocenters. The smallest absolute Gasteiger partial charge is 0.133 e. The predicted molar refractivity (Wildman–Crippen MR) is 56.4 cm³/mol. The molecule has 0 aliphatic carbocycles. The second-order valence-corrected chi connectivity index (χ2v) is 3.48. The number of rotatable bonds is 4. The maximum atomic E-state index is 13.7. The van der Waals surface area contributed by atoms with E-state index in [1.165, 1.54) is 20.3 Å². The largest absolute Gasteiger partial charge is 0.497 e. The van der Waals surface area contributed by atoms with Gasteiger partial charge in [0.05, 0.1) is 7.11 Å². The van der Waals surface area contributed by atoms with E-state index in [1.807, 2.05) is 0 Å². The zero-order chi connectivity index (χ0) is 11.5. The molecular weight excluding hydrogens is 197 g/mol. The van der Waals surface area contributed by atoms with Gasteiger partial charge in [-0.2, -0.15) is 0 Å². The van der Waals surface area contributed by atoms with Crippen LogP contribution in [0.4, 0.5) is 4.39 Å². The van der Waals surface area contributed by atoms with Gasteiger partial charge in [0.25, 0.3) is 0 Å². The van der Waals surface area contributed by atoms with E-state index in [-0.39, 0.29) is 12.4 Å². The quantitative estimate of drug-likeness (QED) is 0.827. The molecule has 0 radical (unpaired) electrons. The molecule has 0 aliphatic rings. The fourth-order valence-electron chi connectivity index (χ4n) is 1.35. The third kappa shape index (κ3) is 2.27. The van der Waals surface area contributed by atoms with E-state index in [2.05, 4.69) is 0 Å². The summed E-state index contributed by atoms with van der Waals surface area (Å²) in [6.07, 6.45) is 0. The van der Waals surface area contributed by atoms with Gasteiger partial charge in [0.15, 0.2) is 0 Å². The van der Waals surface area contributed by atoms with Gasteiger partial charge in [0, 0.05) is 25.3 Å². The van der Waals surface area contributed by atoms with E-state index >= 15 is 0 Å². The number of ether oxygens (including phenoxy) is 2. The van der Waals surface area contributed by atoms with Gasteiger partial charge in [-0.3, -0.25) is 0 Å². The van der Waals surface area contributed by atoms with Crippen molar-refractivity contribution in [2.45, 2.75) is 12.5 Å². The van der Waals surface area contributed by atoms with Gasteiger partial charge < -0.3 is 15.2 Å². The minimum absolute atomic E-state index is 0.215. The fraction of sp³-hybridized carbons (Fsp3) is 0.455. The first-order chi connectivity index (χ1) is 7.07. The number of methoxy groups -OCH3 is 2. The molecule has 84 valence electrons. The molecule has 0 heterocycles. The minimum atomic E-state index is -0.795. The standard InChI is InChI=1S/C11H16FNO2/c1-11(7-13,15-3)9-5-4-8(14-2)6-10(9)12/h4-6H,7,13H2,1-3H3. The maximum Gasteiger partial charge on any atom is 0.133 e. The Kier molecular flexibility index (Phi) is 3.66. The first kappa shape index (κ1) is 11.9. The molecule has 0 fully saturated rings. The topological polar surface area (TPSA) is 44.5 Å². The fourth-order valence-corrected chi connectivity index (χ4v) is 1.35. The molecule has 1 atom stereocenters. The molecule has 1 aromatic rings. The highest BCUT2D eigenvalue weighted by Crippen LogP contribution is 2.28. The lowest BCUT2D eigenvalue weighted by Crippen LogP contribution is -2.34. The van der Waals surface area contributed by atoms with Crippen molar-refractivity contribution in [1.82, 2.24) is 0 Å². The SMILES string of the molecule is COc1ccc(C(C)(CN)OC)c(F)c1. The third-order valence-corrected chi connectivity index (χ3v) is 2.59. The van der Waals surface area contributed by atoms with Crippen LogP contribution in [0.1, 0.15) is 12.5 Å². The zero-order valence-electron chi connectivity index (χ0n) is 9.21. The molecule has 0 spiro atoms. The van der Waals surface area contributed by atoms with Crippen LogP contribution < -0.4 is 10.5 Å². The number of nitrogens with two attached hydrogens (primary N) is 1. The molecule has 0 saturated carbocycles. The Morgan fingerprint density at radius 1 is 1.40 bits per heavy atom. The monoisotopic (exact) mass is 213 g/mol. The predicted octanol–water partition coefficient (Wildman–Crippen LogP) is 1.65. The molecule has 0 aromatic heterocycles. The van der Waals surface area contributed by atoms with Crippen LogP contribution in [0.3, 0.4) is 0 Å². The van der Waals surface area contributed by atoms with Crippen molar-refractivity contribution in [3.63, 3.8) is 0 Å². The highest BCUT2D eigenvalue weighted by atomic mass is 19.1. The molecule has 0 saturated heterocycles. The van der Waals surface area contributed by atoms with E-state index < -0.39 is 5.60 Å². The Morgan fingerprint density at radius 3 is 2.47 bits per heavy atom. The molecule has 4 heteroatoms. The average Bonchev–Trinajstić information content (AvgIpc) is 2.27. The van der Waals surface area contributed by atoms with Crippen LogP contribution in [-0.2, 0) is 10.3 Å². The highest BCUT2D eigenvalue weighted by Gasteiger charge is 2.27. The van der Waals surface area contributed by atoms with Crippen LogP contribution in [0.2, 0.25) is 0 Å². The summed E-state index contributed by atoms with van der Waals surface area (Å²) in [5.41, 5.74) is 5.21. The molecule has 3 nitrogen and oxygen atoms in total. The lowest BCUT2D eigenvalue weighted by atomic mass is 9.95. The summed E-state index contributed by atoms with van der Waals surface area (Å²) < 4.78 is 23.8. The summed E-state index contributed by atoms with van der Waals surface area (Å²) in [4.78, 5) is 0. The minimum Gasteiger partial charge on any atom is -0.497 e. The van der Waals surface area contributed by atoms with Crippen molar-refractivity contribution >= 4 is 0 Å². The zero-order valence-corrected chi connectivity index (χ0v) is 9.21. The van der Waals surface area contributed by atoms with Crippen molar-refractivity contribution in [2.24, 2.45) is 5.73 Å². The summed E-state index contributed by atoms with van der Waals surface area (Å²) in [5, 5.41) is 0. The van der Waals surface area contributed by atoms with Gasteiger partial charge in [-0.15, -0.1) is 0 Å². The first-order valence-corrected chi connectivity index (χ1v) is 4.66. The Bertz CT molecular complexity index is 337. The van der Waals surface area contributed by atoms with E-state index in [4.69, 9.17) is 15.2 Å². The molecule has 1 aromatic carbocycles. The lowest BCUT2D eigenvalue weighted by molar-refractivity contribution is 0.00712. The van der Waals surface area contributed by atoms with Crippen LogP contribution >= 0.6 is 0 Å². The Hall–Kier alpha value is -1.13. The molecule has 0 aliphatic heterocycles. The summed E-state index contributed by atoms with van der Waals surface area (Å²) >= 11 is 0. The highest BCUT2D eigenvalue weighted by molar-refractivity contribution is 5.32. The number of halogens is 1. The van der Waals surface area contributed by atoms with Crippen molar-refractivity contribution in [3.05, 3.63) is 29.6 Å². The number of hydrogen-bond acceptors (Lipinski definition) is 3. The van der Waals surface area contributed by atoms with Crippen LogP contribution in [-0.4, -0.2) is 20.8 Å². The average molecular weight is 213 g/mol. The molecular formula is C11H16FNO2. The maximum absolute atomic E-state index is 13.7. The Morgan fingerprint density at radius 2 is 2.07 bits per heavy atom. The van der Waals surface area contributed by atoms with Crippen molar-refractivity contribution in [3.8, 4) is 5.75 Å². The van der Waals surface area contributed by atoms with Crippen molar-refractivity contribution in [2.75, 3.05) is 20.8 Å². The van der Waals surface area contributed by atoms with Crippen LogP contribution in [0.15, 0.2) is 18.2 Å². The number of benzene rings is 1. The Balaban J connectivity index is 3.14. The molecule has 15 heavy (non-hydrogen) atoms. The van der Waals surface area contributed by atoms with E-state index in [9.17, 15) is 4.39 Å². The summed E-state index contributed by atoms with van der Waals surface area (Å²) in [5.74, 6) is 0.107. The van der Waals surface area contributed by atoms with Gasteiger partial charge in [0.1, 0.15) is 17.2 Å². The Labute approximate surface area is 89.0 Å². The van der Waals surface area contributed by atoms with E-state index in [1.54, 1.807) is 19.1 Å². The molecule has 2 N–H and O–H groups in total. The number of hydrogen-bond donors (Lipinski definition) is 1.